The largest absolute Gasteiger partial charge is 0.454 e. The summed E-state index contributed by atoms with van der Waals surface area (Å²) in [6.07, 6.45) is 1.57. The molecule has 1 aliphatic rings. The standard InChI is InChI=1S/C19H17N5O4S/c1-24-10-20-23-19(24)29-9-17(25)22-14-5-3-2-4-13(14)18(26)21-12-6-7-15-16(8-12)28-11-27-15/h2-8,10H,9,11H2,1H3,(H,21,26)(H,22,25). The van der Waals surface area contributed by atoms with Crippen LogP contribution >= 0.6 is 11.8 Å². The normalized spacial score (nSPS) is 11.9. The van der Waals surface area contributed by atoms with Crippen molar-refractivity contribution >= 4 is 35.0 Å². The quantitative estimate of drug-likeness (QED) is 0.600. The van der Waals surface area contributed by atoms with Crippen molar-refractivity contribution in [3.63, 3.8) is 0 Å². The molecule has 0 bridgehead atoms. The minimum atomic E-state index is -0.347. The highest BCUT2D eigenvalue weighted by Crippen LogP contribution is 2.34. The maximum Gasteiger partial charge on any atom is 0.257 e. The van der Waals surface area contributed by atoms with Crippen LogP contribution in [0.15, 0.2) is 53.9 Å². The van der Waals surface area contributed by atoms with Gasteiger partial charge >= 0.3 is 0 Å². The van der Waals surface area contributed by atoms with Crippen LogP contribution in [-0.2, 0) is 11.8 Å². The van der Waals surface area contributed by atoms with Gasteiger partial charge in [0.05, 0.1) is 17.0 Å². The first-order chi connectivity index (χ1) is 14.1. The minimum absolute atomic E-state index is 0.143. The van der Waals surface area contributed by atoms with Crippen LogP contribution in [0.1, 0.15) is 10.4 Å². The Morgan fingerprint density at radius 1 is 1.14 bits per heavy atom. The first-order valence-corrected chi connectivity index (χ1v) is 9.65. The third kappa shape index (κ3) is 4.32. The van der Waals surface area contributed by atoms with Gasteiger partial charge in [0.25, 0.3) is 5.91 Å². The Morgan fingerprint density at radius 3 is 2.79 bits per heavy atom. The van der Waals surface area contributed by atoms with E-state index in [4.69, 9.17) is 9.47 Å². The predicted molar refractivity (Wildman–Crippen MR) is 107 cm³/mol. The van der Waals surface area contributed by atoms with Gasteiger partial charge in [0.2, 0.25) is 12.7 Å². The molecule has 0 aliphatic carbocycles. The number of hydrogen-bond donors (Lipinski definition) is 2. The maximum atomic E-state index is 12.7. The second-order valence-electron chi connectivity index (χ2n) is 6.13. The van der Waals surface area contributed by atoms with E-state index in [1.165, 1.54) is 11.8 Å². The highest BCUT2D eigenvalue weighted by Gasteiger charge is 2.17. The Balaban J connectivity index is 1.42. The van der Waals surface area contributed by atoms with E-state index in [1.54, 1.807) is 60.4 Å². The molecule has 0 radical (unpaired) electrons. The monoisotopic (exact) mass is 411 g/mol. The molecule has 9 nitrogen and oxygen atoms in total. The molecule has 0 spiro atoms. The molecule has 148 valence electrons. The zero-order valence-corrected chi connectivity index (χ0v) is 16.2. The molecule has 29 heavy (non-hydrogen) atoms. The first-order valence-electron chi connectivity index (χ1n) is 8.67. The van der Waals surface area contributed by atoms with Crippen LogP contribution in [-0.4, -0.2) is 39.1 Å². The van der Waals surface area contributed by atoms with E-state index in [1.807, 2.05) is 0 Å². The van der Waals surface area contributed by atoms with E-state index in [0.717, 1.165) is 0 Å². The van der Waals surface area contributed by atoms with Gasteiger partial charge in [0, 0.05) is 18.8 Å². The van der Waals surface area contributed by atoms with Crippen molar-refractivity contribution in [2.75, 3.05) is 23.2 Å². The molecule has 4 rings (SSSR count). The number of thioether (sulfide) groups is 1. The smallest absolute Gasteiger partial charge is 0.257 e. The van der Waals surface area contributed by atoms with Gasteiger partial charge in [-0.2, -0.15) is 0 Å². The van der Waals surface area contributed by atoms with Gasteiger partial charge in [-0.25, -0.2) is 0 Å². The molecule has 0 fully saturated rings. The Hall–Kier alpha value is -3.53. The summed E-state index contributed by atoms with van der Waals surface area (Å²) >= 11 is 1.26. The van der Waals surface area contributed by atoms with Crippen LogP contribution in [0.2, 0.25) is 0 Å². The topological polar surface area (TPSA) is 107 Å². The van der Waals surface area contributed by atoms with Gasteiger partial charge in [0.1, 0.15) is 6.33 Å². The molecule has 2 amide bonds. The number of rotatable bonds is 6. The molecule has 3 aromatic rings. The van der Waals surface area contributed by atoms with Crippen molar-refractivity contribution < 1.29 is 19.1 Å². The van der Waals surface area contributed by atoms with Gasteiger partial charge < -0.3 is 24.7 Å². The Bertz CT molecular complexity index is 1070. The summed E-state index contributed by atoms with van der Waals surface area (Å²) in [5.41, 5.74) is 1.34. The van der Waals surface area contributed by atoms with Crippen LogP contribution < -0.4 is 20.1 Å². The molecule has 1 aromatic heterocycles. The van der Waals surface area contributed by atoms with E-state index in [0.29, 0.717) is 33.6 Å². The third-order valence-corrected chi connectivity index (χ3v) is 5.11. The molecule has 1 aliphatic heterocycles. The number of amides is 2. The molecular weight excluding hydrogens is 394 g/mol. The fourth-order valence-electron chi connectivity index (χ4n) is 2.68. The average molecular weight is 411 g/mol. The second kappa shape index (κ2) is 8.23. The van der Waals surface area contributed by atoms with E-state index < -0.39 is 0 Å². The lowest BCUT2D eigenvalue weighted by molar-refractivity contribution is -0.113. The summed E-state index contributed by atoms with van der Waals surface area (Å²) < 4.78 is 12.3. The number of carbonyl (C=O) groups excluding carboxylic acids is 2. The third-order valence-electron chi connectivity index (χ3n) is 4.08. The van der Waals surface area contributed by atoms with Crippen molar-refractivity contribution in [2.45, 2.75) is 5.16 Å². The molecule has 0 unspecified atom stereocenters. The maximum absolute atomic E-state index is 12.7. The lowest BCUT2D eigenvalue weighted by atomic mass is 10.1. The Morgan fingerprint density at radius 2 is 1.97 bits per heavy atom. The van der Waals surface area contributed by atoms with Crippen molar-refractivity contribution in [2.24, 2.45) is 7.05 Å². The summed E-state index contributed by atoms with van der Waals surface area (Å²) in [4.78, 5) is 25.1. The van der Waals surface area contributed by atoms with E-state index in [2.05, 4.69) is 20.8 Å². The van der Waals surface area contributed by atoms with Crippen molar-refractivity contribution in [3.8, 4) is 11.5 Å². The van der Waals surface area contributed by atoms with Gasteiger partial charge in [-0.1, -0.05) is 23.9 Å². The molecule has 2 aromatic carbocycles. The molecule has 0 saturated heterocycles. The highest BCUT2D eigenvalue weighted by atomic mass is 32.2. The Labute approximate surface area is 170 Å². The lowest BCUT2D eigenvalue weighted by Gasteiger charge is -2.11. The van der Waals surface area contributed by atoms with Crippen LogP contribution in [0.4, 0.5) is 11.4 Å². The molecule has 0 atom stereocenters. The average Bonchev–Trinajstić information content (AvgIpc) is 3.35. The number of aromatic nitrogens is 3. The van der Waals surface area contributed by atoms with Gasteiger partial charge in [-0.3, -0.25) is 9.59 Å². The summed E-state index contributed by atoms with van der Waals surface area (Å²) in [6.45, 7) is 0.161. The molecule has 2 heterocycles. The van der Waals surface area contributed by atoms with Crippen molar-refractivity contribution in [1.29, 1.82) is 0 Å². The molecule has 0 saturated carbocycles. The first kappa shape index (κ1) is 18.8. The number of fused-ring (bicyclic) bond motifs is 1. The number of nitrogens with one attached hydrogen (secondary N) is 2. The summed E-state index contributed by atoms with van der Waals surface area (Å²) in [5, 5.41) is 13.9. The van der Waals surface area contributed by atoms with Gasteiger partial charge in [0.15, 0.2) is 16.7 Å². The summed E-state index contributed by atoms with van der Waals surface area (Å²) in [5.74, 6) is 0.758. The molecule has 2 N–H and O–H groups in total. The van der Waals surface area contributed by atoms with Crippen LogP contribution in [0, 0.1) is 0 Å². The van der Waals surface area contributed by atoms with Crippen LogP contribution in [0.5, 0.6) is 11.5 Å². The summed E-state index contributed by atoms with van der Waals surface area (Å²) in [6, 6.07) is 12.0. The number of hydrogen-bond acceptors (Lipinski definition) is 7. The van der Waals surface area contributed by atoms with Gasteiger partial charge in [-0.15, -0.1) is 10.2 Å². The number of benzene rings is 2. The molecule has 10 heteroatoms. The number of carbonyl (C=O) groups is 2. The second-order valence-corrected chi connectivity index (χ2v) is 7.07. The number of para-hydroxylation sites is 1. The highest BCUT2D eigenvalue weighted by molar-refractivity contribution is 7.99. The van der Waals surface area contributed by atoms with E-state index in [-0.39, 0.29) is 24.4 Å². The zero-order valence-electron chi connectivity index (χ0n) is 15.4. The zero-order chi connectivity index (χ0) is 20.2. The van der Waals surface area contributed by atoms with Gasteiger partial charge in [-0.05, 0) is 24.3 Å². The number of anilines is 2. The van der Waals surface area contributed by atoms with Crippen molar-refractivity contribution in [3.05, 3.63) is 54.4 Å². The predicted octanol–water partition coefficient (Wildman–Crippen LogP) is 2.53. The SMILES string of the molecule is Cn1cnnc1SCC(=O)Nc1ccccc1C(=O)Nc1ccc2c(c1)OCO2. The van der Waals surface area contributed by atoms with E-state index in [9.17, 15) is 9.59 Å². The number of nitrogens with zero attached hydrogens (tertiary/aromatic N) is 3. The van der Waals surface area contributed by atoms with Crippen LogP contribution in [0.25, 0.3) is 0 Å². The lowest BCUT2D eigenvalue weighted by Crippen LogP contribution is -2.19. The van der Waals surface area contributed by atoms with Crippen LogP contribution in [0.3, 0.4) is 0 Å². The minimum Gasteiger partial charge on any atom is -0.454 e. The van der Waals surface area contributed by atoms with Crippen molar-refractivity contribution in [1.82, 2.24) is 14.8 Å². The number of aryl methyl sites for hydroxylation is 1. The fraction of sp³-hybridized carbons (Fsp3) is 0.158. The van der Waals surface area contributed by atoms with E-state index >= 15 is 0 Å². The number of ether oxygens (including phenoxy) is 2. The summed E-state index contributed by atoms with van der Waals surface area (Å²) in [7, 11) is 1.80. The fourth-order valence-corrected chi connectivity index (χ4v) is 3.37. The molecular formula is C19H17N5O4S. The Kier molecular flexibility index (Phi) is 5.34.